The Morgan fingerprint density at radius 1 is 1.04 bits per heavy atom. The van der Waals surface area contributed by atoms with Crippen LogP contribution in [0.1, 0.15) is 114 Å². The molecule has 1 aromatic heterocycles. The summed E-state index contributed by atoms with van der Waals surface area (Å²) in [6, 6.07) is 6.64. The molecule has 2 aliphatic carbocycles. The molecule has 1 saturated heterocycles. The van der Waals surface area contributed by atoms with E-state index in [4.69, 9.17) is 9.57 Å². The minimum absolute atomic E-state index is 0.0245. The van der Waals surface area contributed by atoms with Crippen LogP contribution in [0.15, 0.2) is 41.7 Å². The first-order valence-corrected chi connectivity index (χ1v) is 19.5. The number of pyridine rings is 1. The van der Waals surface area contributed by atoms with E-state index in [9.17, 15) is 24.0 Å². The van der Waals surface area contributed by atoms with Crippen LogP contribution in [0.5, 0.6) is 5.75 Å². The lowest BCUT2D eigenvalue weighted by atomic mass is 9.85. The van der Waals surface area contributed by atoms with Gasteiger partial charge in [0.15, 0.2) is 5.60 Å². The van der Waals surface area contributed by atoms with Gasteiger partial charge >= 0.3 is 0 Å². The number of hydrogen-bond acceptors (Lipinski definition) is 9. The van der Waals surface area contributed by atoms with E-state index in [0.717, 1.165) is 41.0 Å². The highest BCUT2D eigenvalue weighted by Gasteiger charge is 2.56. The lowest BCUT2D eigenvalue weighted by Gasteiger charge is -2.35. The number of oxime groups is 1. The van der Waals surface area contributed by atoms with Gasteiger partial charge in [0.05, 0.1) is 24.9 Å². The fourth-order valence-corrected chi connectivity index (χ4v) is 7.95. The molecule has 2 aliphatic heterocycles. The van der Waals surface area contributed by atoms with Gasteiger partial charge in [0.1, 0.15) is 17.8 Å². The first-order chi connectivity index (χ1) is 25.6. The third-order valence-electron chi connectivity index (χ3n) is 11.2. The molecule has 290 valence electrons. The average molecular weight is 742 g/mol. The molecule has 2 aromatic rings. The quantitative estimate of drug-likeness (QED) is 0.239. The van der Waals surface area contributed by atoms with Crippen LogP contribution in [0.2, 0.25) is 0 Å². The maximum absolute atomic E-state index is 14.8. The minimum atomic E-state index is -1.04. The second-order valence-corrected chi connectivity index (χ2v) is 16.8. The Kier molecular flexibility index (Phi) is 11.3. The number of amides is 3. The molecular formula is C42H55N5O7. The maximum Gasteiger partial charge on any atom is 0.246 e. The van der Waals surface area contributed by atoms with Gasteiger partial charge < -0.3 is 25.1 Å². The molecule has 3 heterocycles. The number of ketones is 2. The molecule has 0 radical (unpaired) electrons. The molecular weight excluding hydrogens is 686 g/mol. The number of nitrogens with one attached hydrogen (secondary N) is 2. The zero-order chi connectivity index (χ0) is 38.9. The molecule has 1 spiro atoms. The Bertz CT molecular complexity index is 1790. The zero-order valence-corrected chi connectivity index (χ0v) is 32.7. The van der Waals surface area contributed by atoms with Gasteiger partial charge in [-0.3, -0.25) is 29.0 Å². The highest BCUT2D eigenvalue weighted by atomic mass is 16.7. The van der Waals surface area contributed by atoms with Crippen LogP contribution >= 0.6 is 0 Å². The summed E-state index contributed by atoms with van der Waals surface area (Å²) in [6.45, 7) is 14.0. The normalized spacial score (nSPS) is 24.3. The average Bonchev–Trinajstić information content (AvgIpc) is 4.05. The lowest BCUT2D eigenvalue weighted by Crippen LogP contribution is -2.59. The molecule has 0 bridgehead atoms. The highest BCUT2D eigenvalue weighted by molar-refractivity contribution is 6.39. The molecule has 12 nitrogen and oxygen atoms in total. The van der Waals surface area contributed by atoms with Gasteiger partial charge in [-0.2, -0.15) is 0 Å². The SMILES string of the molecule is CCC[C@H](NC(=O)[C@@H]1C[C@]2(CC(c3cc(C)c(OCC)c(C)c3)=NO2)CN1C(=O)[C@@H](NC(=O)[C@H]1C[C@@H]1c1ccccn1)C(C)(C)C)C(=O)C(=O)CC1CC1. The van der Waals surface area contributed by atoms with Crippen molar-refractivity contribution in [1.29, 1.82) is 0 Å². The standard InChI is InChI=1S/C42H55N5O7/c1-8-12-31(35(49)34(48)19-26-14-15-26)44-39(51)33-22-42(21-32(46-54-42)27-17-24(3)36(53-9-2)25(4)18-27)23-47(33)40(52)37(41(5,6)7)45-38(50)29-20-28(29)30-13-10-11-16-43-30/h10-11,13,16-18,26,28-29,31,33,37H,8-9,12,14-15,19-23H2,1-7H3,(H,44,51)(H,45,50)/t28-,29-,31-,33-,37+,42+/m0/s1. The van der Waals surface area contributed by atoms with E-state index in [1.54, 1.807) is 6.20 Å². The molecule has 6 atom stereocenters. The molecule has 2 N–H and O–H groups in total. The number of benzene rings is 1. The summed E-state index contributed by atoms with van der Waals surface area (Å²) >= 11 is 0. The summed E-state index contributed by atoms with van der Waals surface area (Å²) in [5, 5.41) is 10.4. The predicted molar refractivity (Wildman–Crippen MR) is 203 cm³/mol. The van der Waals surface area contributed by atoms with Gasteiger partial charge in [-0.15, -0.1) is 0 Å². The summed E-state index contributed by atoms with van der Waals surface area (Å²) in [4.78, 5) is 81.1. The number of carbonyl (C=O) groups is 5. The summed E-state index contributed by atoms with van der Waals surface area (Å²) in [5.74, 6) is -1.54. The van der Waals surface area contributed by atoms with E-state index < -0.39 is 52.5 Å². The second-order valence-electron chi connectivity index (χ2n) is 16.8. The van der Waals surface area contributed by atoms with Crippen molar-refractivity contribution in [3.8, 4) is 5.75 Å². The Morgan fingerprint density at radius 2 is 1.76 bits per heavy atom. The van der Waals surface area contributed by atoms with Crippen LogP contribution in [-0.4, -0.2) is 81.8 Å². The maximum atomic E-state index is 14.8. The van der Waals surface area contributed by atoms with E-state index in [-0.39, 0.29) is 43.0 Å². The van der Waals surface area contributed by atoms with Crippen molar-refractivity contribution in [3.63, 3.8) is 0 Å². The molecule has 4 aliphatic rings. The summed E-state index contributed by atoms with van der Waals surface area (Å²) in [7, 11) is 0. The van der Waals surface area contributed by atoms with Crippen molar-refractivity contribution in [3.05, 3.63) is 58.9 Å². The molecule has 0 unspecified atom stereocenters. The zero-order valence-electron chi connectivity index (χ0n) is 32.7. The number of nitrogens with zero attached hydrogens (tertiary/aromatic N) is 3. The highest BCUT2D eigenvalue weighted by Crippen LogP contribution is 2.47. The monoisotopic (exact) mass is 741 g/mol. The van der Waals surface area contributed by atoms with Crippen LogP contribution < -0.4 is 15.4 Å². The van der Waals surface area contributed by atoms with Gasteiger partial charge in [0.2, 0.25) is 29.3 Å². The molecule has 3 amide bonds. The van der Waals surface area contributed by atoms with Crippen LogP contribution in [0.4, 0.5) is 0 Å². The van der Waals surface area contributed by atoms with Crippen LogP contribution in [0, 0.1) is 31.1 Å². The van der Waals surface area contributed by atoms with Crippen molar-refractivity contribution in [2.24, 2.45) is 22.4 Å². The molecule has 2 saturated carbocycles. The Morgan fingerprint density at radius 3 is 2.37 bits per heavy atom. The fraction of sp³-hybridized carbons (Fsp3) is 0.595. The lowest BCUT2D eigenvalue weighted by molar-refractivity contribution is -0.145. The predicted octanol–water partition coefficient (Wildman–Crippen LogP) is 5.12. The number of ether oxygens (including phenoxy) is 1. The van der Waals surface area contributed by atoms with Gasteiger partial charge in [0.25, 0.3) is 0 Å². The van der Waals surface area contributed by atoms with E-state index >= 15 is 0 Å². The molecule has 12 heteroatoms. The first kappa shape index (κ1) is 39.1. The number of likely N-dealkylation sites (tertiary alicyclic amines) is 1. The summed E-state index contributed by atoms with van der Waals surface area (Å²) in [6.07, 6.45) is 5.73. The fourth-order valence-electron chi connectivity index (χ4n) is 7.95. The van der Waals surface area contributed by atoms with Crippen LogP contribution in [0.25, 0.3) is 0 Å². The van der Waals surface area contributed by atoms with Crippen molar-refractivity contribution >= 4 is 35.0 Å². The van der Waals surface area contributed by atoms with Gasteiger partial charge in [-0.05, 0) is 93.2 Å². The third kappa shape index (κ3) is 8.52. The topological polar surface area (TPSA) is 156 Å². The Balaban J connectivity index is 1.25. The van der Waals surface area contributed by atoms with Gasteiger partial charge in [0, 0.05) is 48.6 Å². The molecule has 3 fully saturated rings. The number of aromatic nitrogens is 1. The third-order valence-corrected chi connectivity index (χ3v) is 11.2. The van der Waals surface area contributed by atoms with Crippen molar-refractivity contribution in [1.82, 2.24) is 20.5 Å². The van der Waals surface area contributed by atoms with E-state index in [2.05, 4.69) is 20.8 Å². The van der Waals surface area contributed by atoms with E-state index in [1.165, 1.54) is 4.90 Å². The van der Waals surface area contributed by atoms with Gasteiger partial charge in [-0.25, -0.2) is 0 Å². The Hall–Kier alpha value is -4.61. The van der Waals surface area contributed by atoms with Crippen molar-refractivity contribution < 1.29 is 33.5 Å². The first-order valence-electron chi connectivity index (χ1n) is 19.5. The number of hydrogen-bond donors (Lipinski definition) is 2. The largest absolute Gasteiger partial charge is 0.493 e. The smallest absolute Gasteiger partial charge is 0.246 e. The summed E-state index contributed by atoms with van der Waals surface area (Å²) in [5.41, 5.74) is 2.58. The number of aryl methyl sites for hydroxylation is 2. The number of Topliss-reactive ketones (excluding diaryl/α,β-unsaturated/α-hetero) is 2. The summed E-state index contributed by atoms with van der Waals surface area (Å²) < 4.78 is 5.85. The van der Waals surface area contributed by atoms with Gasteiger partial charge in [-0.1, -0.05) is 45.3 Å². The van der Waals surface area contributed by atoms with Crippen LogP contribution in [0.3, 0.4) is 0 Å². The molecule has 54 heavy (non-hydrogen) atoms. The number of rotatable bonds is 15. The number of carbonyl (C=O) groups excluding carboxylic acids is 5. The van der Waals surface area contributed by atoms with Crippen molar-refractivity contribution in [2.45, 2.75) is 129 Å². The Labute approximate surface area is 318 Å². The van der Waals surface area contributed by atoms with E-state index in [0.29, 0.717) is 38.0 Å². The molecule has 1 aromatic carbocycles. The van der Waals surface area contributed by atoms with Crippen LogP contribution in [-0.2, 0) is 28.8 Å². The minimum Gasteiger partial charge on any atom is -0.493 e. The van der Waals surface area contributed by atoms with Crippen molar-refractivity contribution in [2.75, 3.05) is 13.2 Å². The molecule has 6 rings (SSSR count). The second kappa shape index (κ2) is 15.6. The van der Waals surface area contributed by atoms with E-state index in [1.807, 2.05) is 78.8 Å².